The number of nitriles is 1. The molecule has 1 aromatic rings. The van der Waals surface area contributed by atoms with E-state index in [-0.39, 0.29) is 5.54 Å². The van der Waals surface area contributed by atoms with Gasteiger partial charge in [0.1, 0.15) is 5.54 Å². The fourth-order valence-corrected chi connectivity index (χ4v) is 3.41. The maximum atomic E-state index is 9.24. The first kappa shape index (κ1) is 11.5. The normalized spacial score (nSPS) is 29.9. The molecule has 1 heterocycles. The lowest BCUT2D eigenvalue weighted by molar-refractivity contribution is 0.323. The van der Waals surface area contributed by atoms with Crippen LogP contribution in [0.5, 0.6) is 0 Å². The van der Waals surface area contributed by atoms with Crippen LogP contribution in [0.2, 0.25) is 0 Å². The summed E-state index contributed by atoms with van der Waals surface area (Å²) in [6.07, 6.45) is 7.71. The predicted molar refractivity (Wildman–Crippen MR) is 64.1 cm³/mol. The molecule has 1 fully saturated rings. The van der Waals surface area contributed by atoms with Crippen molar-refractivity contribution in [1.29, 1.82) is 5.26 Å². The number of rotatable bonds is 3. The van der Waals surface area contributed by atoms with Crippen LogP contribution in [0, 0.1) is 11.3 Å². The van der Waals surface area contributed by atoms with Gasteiger partial charge < -0.3 is 10.3 Å². The molecule has 86 valence electrons. The minimum absolute atomic E-state index is 0.331. The molecule has 5 heteroatoms. The van der Waals surface area contributed by atoms with Gasteiger partial charge in [0, 0.05) is 17.6 Å². The van der Waals surface area contributed by atoms with E-state index in [2.05, 4.69) is 21.4 Å². The van der Waals surface area contributed by atoms with Crippen LogP contribution in [-0.2, 0) is 0 Å². The van der Waals surface area contributed by atoms with Gasteiger partial charge in [-0.25, -0.2) is 4.98 Å². The van der Waals surface area contributed by atoms with Crippen LogP contribution in [0.25, 0.3) is 0 Å². The maximum absolute atomic E-state index is 9.24. The van der Waals surface area contributed by atoms with E-state index < -0.39 is 0 Å². The summed E-state index contributed by atoms with van der Waals surface area (Å²) < 4.78 is 0. The summed E-state index contributed by atoms with van der Waals surface area (Å²) in [5.74, 6) is 0. The van der Waals surface area contributed by atoms with Crippen molar-refractivity contribution in [1.82, 2.24) is 15.3 Å². The molecular weight excluding hydrogens is 220 g/mol. The third kappa shape index (κ3) is 2.39. The number of nitrogens with one attached hydrogen (secondary N) is 2. The Balaban J connectivity index is 2.00. The first-order valence-electron chi connectivity index (χ1n) is 5.54. The second-order valence-electron chi connectivity index (χ2n) is 4.17. The quantitative estimate of drug-likeness (QED) is 0.841. The number of aromatic nitrogens is 2. The predicted octanol–water partition coefficient (Wildman–Crippen LogP) is 1.93. The van der Waals surface area contributed by atoms with Gasteiger partial charge in [0.15, 0.2) is 5.16 Å². The zero-order valence-electron chi connectivity index (χ0n) is 9.36. The van der Waals surface area contributed by atoms with Crippen LogP contribution in [-0.4, -0.2) is 27.8 Å². The number of thioether (sulfide) groups is 1. The van der Waals surface area contributed by atoms with Crippen LogP contribution in [0.15, 0.2) is 17.6 Å². The number of H-pyrrole nitrogens is 1. The summed E-state index contributed by atoms with van der Waals surface area (Å²) in [7, 11) is 1.88. The minimum Gasteiger partial charge on any atom is -0.340 e. The van der Waals surface area contributed by atoms with Gasteiger partial charge in [0.25, 0.3) is 0 Å². The SMILES string of the molecule is CNC1(C#N)CCCC(Sc2ncc[nH]2)C1. The summed E-state index contributed by atoms with van der Waals surface area (Å²) in [5, 5.41) is 13.8. The van der Waals surface area contributed by atoms with Crippen molar-refractivity contribution in [2.24, 2.45) is 0 Å². The maximum Gasteiger partial charge on any atom is 0.165 e. The van der Waals surface area contributed by atoms with Gasteiger partial charge in [-0.2, -0.15) is 5.26 Å². The Bertz CT molecular complexity index is 370. The molecule has 2 N–H and O–H groups in total. The zero-order valence-corrected chi connectivity index (χ0v) is 10.2. The first-order valence-corrected chi connectivity index (χ1v) is 6.42. The van der Waals surface area contributed by atoms with E-state index in [0.717, 1.165) is 30.8 Å². The number of nitrogens with zero attached hydrogens (tertiary/aromatic N) is 2. The number of hydrogen-bond acceptors (Lipinski definition) is 4. The number of hydrogen-bond donors (Lipinski definition) is 2. The monoisotopic (exact) mass is 236 g/mol. The van der Waals surface area contributed by atoms with Crippen LogP contribution in [0.3, 0.4) is 0 Å². The Morgan fingerprint density at radius 2 is 2.62 bits per heavy atom. The van der Waals surface area contributed by atoms with Gasteiger partial charge in [-0.3, -0.25) is 0 Å². The van der Waals surface area contributed by atoms with E-state index in [4.69, 9.17) is 0 Å². The fraction of sp³-hybridized carbons (Fsp3) is 0.636. The lowest BCUT2D eigenvalue weighted by Crippen LogP contribution is -2.46. The molecule has 1 saturated carbocycles. The van der Waals surface area contributed by atoms with Gasteiger partial charge in [-0.05, 0) is 32.7 Å². The summed E-state index contributed by atoms with van der Waals surface area (Å²) in [6, 6.07) is 2.42. The molecule has 0 bridgehead atoms. The first-order chi connectivity index (χ1) is 7.78. The molecule has 1 aliphatic carbocycles. The molecule has 1 aromatic heterocycles. The zero-order chi connectivity index (χ0) is 11.4. The molecule has 0 saturated heterocycles. The van der Waals surface area contributed by atoms with E-state index >= 15 is 0 Å². The van der Waals surface area contributed by atoms with Crippen LogP contribution in [0.1, 0.15) is 25.7 Å². The van der Waals surface area contributed by atoms with E-state index in [1.165, 1.54) is 0 Å². The minimum atomic E-state index is -0.331. The molecule has 4 nitrogen and oxygen atoms in total. The molecule has 2 unspecified atom stereocenters. The highest BCUT2D eigenvalue weighted by Crippen LogP contribution is 2.36. The van der Waals surface area contributed by atoms with Gasteiger partial charge in [0.2, 0.25) is 0 Å². The van der Waals surface area contributed by atoms with Crippen LogP contribution in [0.4, 0.5) is 0 Å². The Hall–Kier alpha value is -0.990. The summed E-state index contributed by atoms with van der Waals surface area (Å²) >= 11 is 1.75. The van der Waals surface area contributed by atoms with Gasteiger partial charge in [-0.1, -0.05) is 11.8 Å². The second-order valence-corrected chi connectivity index (χ2v) is 5.46. The van der Waals surface area contributed by atoms with Gasteiger partial charge in [0.05, 0.1) is 6.07 Å². The molecular formula is C11H16N4S. The molecule has 2 rings (SSSR count). The van der Waals surface area contributed by atoms with E-state index in [0.29, 0.717) is 5.25 Å². The molecule has 16 heavy (non-hydrogen) atoms. The van der Waals surface area contributed by atoms with E-state index in [1.54, 1.807) is 18.0 Å². The highest BCUT2D eigenvalue weighted by Gasteiger charge is 2.35. The summed E-state index contributed by atoms with van der Waals surface area (Å²) in [6.45, 7) is 0. The Morgan fingerprint density at radius 3 is 3.25 bits per heavy atom. The van der Waals surface area contributed by atoms with Crippen molar-refractivity contribution in [3.05, 3.63) is 12.4 Å². The van der Waals surface area contributed by atoms with Crippen LogP contribution < -0.4 is 5.32 Å². The van der Waals surface area contributed by atoms with Crippen molar-refractivity contribution < 1.29 is 0 Å². The van der Waals surface area contributed by atoms with E-state index in [1.807, 2.05) is 13.2 Å². The summed E-state index contributed by atoms with van der Waals surface area (Å²) in [4.78, 5) is 7.31. The largest absolute Gasteiger partial charge is 0.340 e. The van der Waals surface area contributed by atoms with Crippen molar-refractivity contribution in [2.45, 2.75) is 41.6 Å². The molecule has 0 radical (unpaired) electrons. The highest BCUT2D eigenvalue weighted by molar-refractivity contribution is 7.99. The second kappa shape index (κ2) is 4.89. The van der Waals surface area contributed by atoms with Crippen molar-refractivity contribution >= 4 is 11.8 Å². The Labute approximate surface area is 99.8 Å². The Morgan fingerprint density at radius 1 is 1.75 bits per heavy atom. The third-order valence-corrected chi connectivity index (χ3v) is 4.33. The third-order valence-electron chi connectivity index (χ3n) is 3.15. The lowest BCUT2D eigenvalue weighted by Gasteiger charge is -2.34. The average molecular weight is 236 g/mol. The van der Waals surface area contributed by atoms with Crippen molar-refractivity contribution in [2.75, 3.05) is 7.05 Å². The molecule has 0 aliphatic heterocycles. The van der Waals surface area contributed by atoms with E-state index in [9.17, 15) is 5.26 Å². The number of imidazole rings is 1. The Kier molecular flexibility index (Phi) is 3.52. The smallest absolute Gasteiger partial charge is 0.165 e. The molecule has 0 spiro atoms. The van der Waals surface area contributed by atoms with Crippen LogP contribution >= 0.6 is 11.8 Å². The summed E-state index contributed by atoms with van der Waals surface area (Å²) in [5.41, 5.74) is -0.331. The van der Waals surface area contributed by atoms with Crippen molar-refractivity contribution in [3.8, 4) is 6.07 Å². The van der Waals surface area contributed by atoms with Gasteiger partial charge in [-0.15, -0.1) is 0 Å². The van der Waals surface area contributed by atoms with Gasteiger partial charge >= 0.3 is 0 Å². The molecule has 1 aliphatic rings. The highest BCUT2D eigenvalue weighted by atomic mass is 32.2. The number of aromatic amines is 1. The molecule has 0 amide bonds. The fourth-order valence-electron chi connectivity index (χ4n) is 2.18. The molecule has 0 aromatic carbocycles. The van der Waals surface area contributed by atoms with Crippen molar-refractivity contribution in [3.63, 3.8) is 0 Å². The standard InChI is InChI=1S/C11H16N4S/c1-13-11(8-12)4-2-3-9(7-11)16-10-14-5-6-15-10/h5-6,9,13H,2-4,7H2,1H3,(H,14,15). The lowest BCUT2D eigenvalue weighted by atomic mass is 9.83. The molecule has 2 atom stereocenters. The topological polar surface area (TPSA) is 64.5 Å². The average Bonchev–Trinajstić information content (AvgIpc) is 2.82.